The second-order valence-corrected chi connectivity index (χ2v) is 3.71. The summed E-state index contributed by atoms with van der Waals surface area (Å²) in [5, 5.41) is 8.79. The number of aliphatic carboxylic acids is 1. The largest absolute Gasteiger partial charge is 0.478 e. The minimum absolute atomic E-state index is 0.0563. The van der Waals surface area contributed by atoms with Crippen LogP contribution in [0.2, 0.25) is 0 Å². The molecule has 0 aromatic carbocycles. The summed E-state index contributed by atoms with van der Waals surface area (Å²) in [7, 11) is 0. The van der Waals surface area contributed by atoms with Crippen LogP contribution in [-0.4, -0.2) is 15.6 Å². The predicted molar refractivity (Wildman–Crippen MR) is 56.7 cm³/mol. The lowest BCUT2D eigenvalue weighted by molar-refractivity contribution is -0.692. The topological polar surface area (TPSA) is 46.1 Å². The molecule has 1 aromatic heterocycles. The van der Waals surface area contributed by atoms with Gasteiger partial charge in [-0.1, -0.05) is 13.8 Å². The van der Waals surface area contributed by atoms with E-state index in [0.717, 1.165) is 30.9 Å². The van der Waals surface area contributed by atoms with Gasteiger partial charge in [-0.05, 0) is 6.42 Å². The normalized spacial score (nSPS) is 10.6. The number of aromatic nitrogens is 2. The lowest BCUT2D eigenvalue weighted by Gasteiger charge is -2.01. The highest BCUT2D eigenvalue weighted by atomic mass is 16.4. The Balaban J connectivity index is 3.06. The molecular weight excluding hydrogens is 192 g/mol. The van der Waals surface area contributed by atoms with Crippen molar-refractivity contribution in [3.63, 3.8) is 0 Å². The third-order valence-electron chi connectivity index (χ3n) is 2.48. The van der Waals surface area contributed by atoms with Crippen molar-refractivity contribution in [2.75, 3.05) is 0 Å². The number of nitrogens with zero attached hydrogens (tertiary/aromatic N) is 2. The van der Waals surface area contributed by atoms with Crippen LogP contribution in [0.4, 0.5) is 0 Å². The molecule has 4 nitrogen and oxygen atoms in total. The zero-order chi connectivity index (χ0) is 11.4. The number of carboxylic acids is 1. The van der Waals surface area contributed by atoms with Crippen LogP contribution in [0.3, 0.4) is 0 Å². The van der Waals surface area contributed by atoms with E-state index in [1.165, 1.54) is 0 Å². The van der Waals surface area contributed by atoms with Gasteiger partial charge in [0, 0.05) is 13.3 Å². The van der Waals surface area contributed by atoms with E-state index in [0.29, 0.717) is 0 Å². The minimum atomic E-state index is -0.789. The number of carbonyl (C=O) groups is 1. The van der Waals surface area contributed by atoms with E-state index in [1.54, 1.807) is 0 Å². The van der Waals surface area contributed by atoms with Gasteiger partial charge in [0.2, 0.25) is 0 Å². The molecule has 0 radical (unpaired) electrons. The molecule has 1 heterocycles. The van der Waals surface area contributed by atoms with Gasteiger partial charge in [-0.3, -0.25) is 0 Å². The molecule has 0 spiro atoms. The van der Waals surface area contributed by atoms with Crippen molar-refractivity contribution in [1.82, 2.24) is 4.57 Å². The van der Waals surface area contributed by atoms with E-state index in [1.807, 2.05) is 17.7 Å². The van der Waals surface area contributed by atoms with E-state index in [4.69, 9.17) is 5.11 Å². The van der Waals surface area contributed by atoms with Gasteiger partial charge in [-0.25, -0.2) is 13.9 Å². The van der Waals surface area contributed by atoms with E-state index in [-0.39, 0.29) is 6.54 Å². The van der Waals surface area contributed by atoms with Crippen LogP contribution in [0.1, 0.15) is 31.8 Å². The van der Waals surface area contributed by atoms with Crippen LogP contribution in [0, 0.1) is 6.92 Å². The Morgan fingerprint density at radius 1 is 1.53 bits per heavy atom. The molecule has 0 unspecified atom stereocenters. The average molecular weight is 211 g/mol. The second-order valence-electron chi connectivity index (χ2n) is 3.71. The van der Waals surface area contributed by atoms with Crippen molar-refractivity contribution in [3.05, 3.63) is 17.7 Å². The van der Waals surface area contributed by atoms with Gasteiger partial charge >= 0.3 is 5.97 Å². The molecule has 0 aliphatic carbocycles. The fourth-order valence-corrected chi connectivity index (χ4v) is 1.93. The maximum Gasteiger partial charge on any atom is 0.346 e. The Kier molecular flexibility index (Phi) is 3.88. The number of rotatable bonds is 5. The first-order valence-electron chi connectivity index (χ1n) is 5.40. The van der Waals surface area contributed by atoms with Crippen LogP contribution in [0.25, 0.3) is 0 Å². The Morgan fingerprint density at radius 3 is 2.67 bits per heavy atom. The smallest absolute Gasteiger partial charge is 0.346 e. The number of aryl methyl sites for hydroxylation is 1. The molecule has 1 N–H and O–H groups in total. The molecule has 84 valence electrons. The number of hydrogen-bond acceptors (Lipinski definition) is 1. The van der Waals surface area contributed by atoms with Crippen molar-refractivity contribution in [2.24, 2.45) is 0 Å². The minimum Gasteiger partial charge on any atom is -0.478 e. The molecule has 4 heteroatoms. The number of imidazole rings is 1. The van der Waals surface area contributed by atoms with Crippen molar-refractivity contribution >= 4 is 5.97 Å². The predicted octanol–water partition coefficient (Wildman–Crippen LogP) is 1.14. The van der Waals surface area contributed by atoms with Gasteiger partial charge in [0.25, 0.3) is 5.82 Å². The first kappa shape index (κ1) is 11.8. The molecule has 1 rings (SSSR count). The van der Waals surface area contributed by atoms with Crippen molar-refractivity contribution in [3.8, 4) is 0 Å². The molecule has 0 amide bonds. The summed E-state index contributed by atoms with van der Waals surface area (Å²) < 4.78 is 4.02. The summed E-state index contributed by atoms with van der Waals surface area (Å²) in [6.45, 7) is 7.22. The molecular formula is C11H19N2O2+. The summed E-state index contributed by atoms with van der Waals surface area (Å²) in [4.78, 5) is 10.7. The Bertz CT molecular complexity index is 356. The second kappa shape index (κ2) is 4.96. The van der Waals surface area contributed by atoms with E-state index >= 15 is 0 Å². The lowest BCUT2D eigenvalue weighted by Crippen LogP contribution is -2.40. The fourth-order valence-electron chi connectivity index (χ4n) is 1.93. The summed E-state index contributed by atoms with van der Waals surface area (Å²) in [6.07, 6.45) is 3.85. The van der Waals surface area contributed by atoms with E-state index in [2.05, 4.69) is 18.4 Å². The molecule has 0 aliphatic rings. The summed E-state index contributed by atoms with van der Waals surface area (Å²) in [5.41, 5.74) is 1.13. The van der Waals surface area contributed by atoms with Gasteiger partial charge < -0.3 is 5.11 Å². The van der Waals surface area contributed by atoms with Crippen LogP contribution in [0.15, 0.2) is 6.20 Å². The zero-order valence-electron chi connectivity index (χ0n) is 9.66. The maximum atomic E-state index is 10.7. The highest BCUT2D eigenvalue weighted by Crippen LogP contribution is 2.04. The van der Waals surface area contributed by atoms with E-state index < -0.39 is 5.97 Å². The number of hydrogen-bond donors (Lipinski definition) is 1. The molecule has 0 saturated carbocycles. The Hall–Kier alpha value is -1.32. The average Bonchev–Trinajstić information content (AvgIpc) is 2.42. The fraction of sp³-hybridized carbons (Fsp3) is 0.636. The quantitative estimate of drug-likeness (QED) is 0.742. The van der Waals surface area contributed by atoms with Crippen LogP contribution in [0.5, 0.6) is 0 Å². The molecule has 0 atom stereocenters. The maximum absolute atomic E-state index is 10.7. The van der Waals surface area contributed by atoms with Gasteiger partial charge in [0.1, 0.15) is 11.9 Å². The summed E-state index contributed by atoms with van der Waals surface area (Å²) >= 11 is 0. The number of carboxylic acid groups (broad SMARTS) is 1. The molecule has 0 fully saturated rings. The van der Waals surface area contributed by atoms with Gasteiger partial charge in [0.05, 0.1) is 6.54 Å². The summed E-state index contributed by atoms with van der Waals surface area (Å²) in [5.74, 6) is 0.306. The SMILES string of the molecule is CCCn1c(C)c[n+](CC(=O)O)c1CC. The Labute approximate surface area is 90.2 Å². The standard InChI is InChI=1S/C11H18N2O2/c1-4-6-13-9(3)7-12(8-11(14)15)10(13)5-2/h7H,4-6,8H2,1-3H3/p+1. The highest BCUT2D eigenvalue weighted by molar-refractivity contribution is 5.64. The van der Waals surface area contributed by atoms with E-state index in [9.17, 15) is 4.79 Å². The Morgan fingerprint density at radius 2 is 2.20 bits per heavy atom. The summed E-state index contributed by atoms with van der Waals surface area (Å²) in [6, 6.07) is 0. The van der Waals surface area contributed by atoms with Crippen molar-refractivity contribution < 1.29 is 14.5 Å². The molecule has 0 saturated heterocycles. The van der Waals surface area contributed by atoms with Crippen LogP contribution < -0.4 is 4.57 Å². The van der Waals surface area contributed by atoms with Crippen LogP contribution in [-0.2, 0) is 24.3 Å². The van der Waals surface area contributed by atoms with Crippen molar-refractivity contribution in [1.29, 1.82) is 0 Å². The van der Waals surface area contributed by atoms with Crippen LogP contribution >= 0.6 is 0 Å². The third kappa shape index (κ3) is 2.58. The molecule has 15 heavy (non-hydrogen) atoms. The monoisotopic (exact) mass is 211 g/mol. The van der Waals surface area contributed by atoms with Crippen molar-refractivity contribution in [2.45, 2.75) is 46.7 Å². The lowest BCUT2D eigenvalue weighted by atomic mass is 10.4. The first-order valence-corrected chi connectivity index (χ1v) is 5.40. The molecule has 1 aromatic rings. The highest BCUT2D eigenvalue weighted by Gasteiger charge is 2.20. The third-order valence-corrected chi connectivity index (χ3v) is 2.48. The zero-order valence-corrected chi connectivity index (χ0v) is 9.66. The van der Waals surface area contributed by atoms with Gasteiger partial charge in [0.15, 0.2) is 6.54 Å². The molecule has 0 bridgehead atoms. The first-order chi connectivity index (χ1) is 7.10. The molecule has 0 aliphatic heterocycles. The van der Waals surface area contributed by atoms with Gasteiger partial charge in [-0.15, -0.1) is 0 Å². The van der Waals surface area contributed by atoms with Gasteiger partial charge in [-0.2, -0.15) is 0 Å².